The zero-order valence-electron chi connectivity index (χ0n) is 13.9. The minimum Gasteiger partial charge on any atom is -0.388 e. The van der Waals surface area contributed by atoms with Crippen molar-refractivity contribution < 1.29 is 9.90 Å². The lowest BCUT2D eigenvalue weighted by Crippen LogP contribution is -2.37. The normalized spacial score (nSPS) is 16.8. The van der Waals surface area contributed by atoms with Gasteiger partial charge in [-0.3, -0.25) is 4.79 Å². The van der Waals surface area contributed by atoms with Crippen LogP contribution in [0.15, 0.2) is 30.3 Å². The second-order valence-corrected chi connectivity index (χ2v) is 6.55. The van der Waals surface area contributed by atoms with Crippen LogP contribution in [0.5, 0.6) is 0 Å². The van der Waals surface area contributed by atoms with Crippen LogP contribution in [0.1, 0.15) is 48.3 Å². The molecule has 1 saturated carbocycles. The lowest BCUT2D eigenvalue weighted by Gasteiger charge is -2.30. The molecule has 0 bridgehead atoms. The maximum Gasteiger partial charge on any atom is 0.254 e. The van der Waals surface area contributed by atoms with E-state index >= 15 is 0 Å². The number of hydrogen-bond acceptors (Lipinski definition) is 5. The molecule has 1 aromatic heterocycles. The first kappa shape index (κ1) is 16.6. The van der Waals surface area contributed by atoms with E-state index in [0.717, 1.165) is 25.7 Å². The van der Waals surface area contributed by atoms with Gasteiger partial charge in [-0.2, -0.15) is 4.80 Å². The van der Waals surface area contributed by atoms with E-state index in [-0.39, 0.29) is 12.5 Å². The van der Waals surface area contributed by atoms with Crippen LogP contribution in [0, 0.1) is 0 Å². The molecule has 7 heteroatoms. The number of aliphatic hydroxyl groups is 1. The van der Waals surface area contributed by atoms with Gasteiger partial charge in [-0.05, 0) is 30.2 Å². The average molecular weight is 329 g/mol. The molecule has 1 heterocycles. The highest BCUT2D eigenvalue weighted by molar-refractivity contribution is 5.93. The Morgan fingerprint density at radius 1 is 1.25 bits per heavy atom. The summed E-state index contributed by atoms with van der Waals surface area (Å²) < 4.78 is 0. The van der Waals surface area contributed by atoms with Crippen molar-refractivity contribution in [3.8, 4) is 0 Å². The largest absolute Gasteiger partial charge is 0.388 e. The molecule has 128 valence electrons. The smallest absolute Gasteiger partial charge is 0.254 e. The topological polar surface area (TPSA) is 84.1 Å². The molecule has 7 nitrogen and oxygen atoms in total. The standard InChI is InChI=1S/C17H23N5O2/c1-21(16(23)14-8-4-2-5-9-14)12-15-18-20-22(19-15)13-17(24)10-6-3-7-11-17/h2,4-5,8-9,24H,3,6-7,10-13H2,1H3. The third kappa shape index (κ3) is 3.97. The summed E-state index contributed by atoms with van der Waals surface area (Å²) in [5.41, 5.74) is -0.106. The molecular weight excluding hydrogens is 306 g/mol. The molecule has 0 saturated heterocycles. The second-order valence-electron chi connectivity index (χ2n) is 6.55. The van der Waals surface area contributed by atoms with E-state index in [1.54, 1.807) is 24.1 Å². The molecule has 1 aliphatic carbocycles. The molecule has 1 N–H and O–H groups in total. The zero-order chi connectivity index (χ0) is 17.0. The Hall–Kier alpha value is -2.28. The SMILES string of the molecule is CN(Cc1nnn(CC2(O)CCCCC2)n1)C(=O)c1ccccc1. The van der Waals surface area contributed by atoms with E-state index in [4.69, 9.17) is 0 Å². The van der Waals surface area contributed by atoms with Gasteiger partial charge >= 0.3 is 0 Å². The lowest BCUT2D eigenvalue weighted by molar-refractivity contribution is -0.0180. The summed E-state index contributed by atoms with van der Waals surface area (Å²) in [5, 5.41) is 22.9. The van der Waals surface area contributed by atoms with E-state index in [1.165, 1.54) is 11.2 Å². The number of nitrogens with zero attached hydrogens (tertiary/aromatic N) is 5. The van der Waals surface area contributed by atoms with E-state index in [0.29, 0.717) is 17.9 Å². The fraction of sp³-hybridized carbons (Fsp3) is 0.529. The Bertz CT molecular complexity index is 679. The van der Waals surface area contributed by atoms with Gasteiger partial charge in [0.15, 0.2) is 5.82 Å². The summed E-state index contributed by atoms with van der Waals surface area (Å²) >= 11 is 0. The van der Waals surface area contributed by atoms with Crippen molar-refractivity contribution in [2.75, 3.05) is 7.05 Å². The summed E-state index contributed by atoms with van der Waals surface area (Å²) in [6.45, 7) is 0.641. The van der Waals surface area contributed by atoms with Crippen LogP contribution in [0.2, 0.25) is 0 Å². The molecule has 0 unspecified atom stereocenters. The van der Waals surface area contributed by atoms with Gasteiger partial charge in [-0.15, -0.1) is 10.2 Å². The number of aromatic nitrogens is 4. The second kappa shape index (κ2) is 7.09. The Labute approximate surface area is 141 Å². The molecule has 0 atom stereocenters. The Balaban J connectivity index is 1.60. The number of hydrogen-bond donors (Lipinski definition) is 1. The molecule has 0 aliphatic heterocycles. The first-order valence-electron chi connectivity index (χ1n) is 8.35. The van der Waals surface area contributed by atoms with Crippen LogP contribution in [-0.4, -0.2) is 48.8 Å². The zero-order valence-corrected chi connectivity index (χ0v) is 13.9. The Morgan fingerprint density at radius 2 is 1.96 bits per heavy atom. The van der Waals surface area contributed by atoms with Crippen molar-refractivity contribution in [1.29, 1.82) is 0 Å². The van der Waals surface area contributed by atoms with Crippen molar-refractivity contribution >= 4 is 5.91 Å². The van der Waals surface area contributed by atoms with Crippen LogP contribution in [-0.2, 0) is 13.1 Å². The third-order valence-electron chi connectivity index (χ3n) is 4.46. The predicted molar refractivity (Wildman–Crippen MR) is 88.1 cm³/mol. The number of amides is 1. The molecule has 1 aliphatic rings. The van der Waals surface area contributed by atoms with Crippen molar-refractivity contribution in [2.24, 2.45) is 0 Å². The maximum absolute atomic E-state index is 12.3. The molecular formula is C17H23N5O2. The van der Waals surface area contributed by atoms with Gasteiger partial charge < -0.3 is 10.0 Å². The fourth-order valence-corrected chi connectivity index (χ4v) is 3.12. The summed E-state index contributed by atoms with van der Waals surface area (Å²) in [6.07, 6.45) is 4.79. The minimum atomic E-state index is -0.734. The molecule has 2 aromatic rings. The van der Waals surface area contributed by atoms with Gasteiger partial charge in [0.25, 0.3) is 5.91 Å². The van der Waals surface area contributed by atoms with Crippen molar-refractivity contribution in [3.63, 3.8) is 0 Å². The first-order valence-corrected chi connectivity index (χ1v) is 8.35. The molecule has 1 amide bonds. The van der Waals surface area contributed by atoms with Gasteiger partial charge in [-0.1, -0.05) is 37.5 Å². The highest BCUT2D eigenvalue weighted by Crippen LogP contribution is 2.28. The van der Waals surface area contributed by atoms with Crippen LogP contribution < -0.4 is 0 Å². The number of carbonyl (C=O) groups excluding carboxylic acids is 1. The fourth-order valence-electron chi connectivity index (χ4n) is 3.12. The molecule has 1 aromatic carbocycles. The van der Waals surface area contributed by atoms with Gasteiger partial charge in [0.1, 0.15) is 0 Å². The average Bonchev–Trinajstić information content (AvgIpc) is 3.01. The van der Waals surface area contributed by atoms with E-state index in [2.05, 4.69) is 15.4 Å². The van der Waals surface area contributed by atoms with Crippen LogP contribution in [0.25, 0.3) is 0 Å². The highest BCUT2D eigenvalue weighted by Gasteiger charge is 2.30. The Morgan fingerprint density at radius 3 is 2.67 bits per heavy atom. The highest BCUT2D eigenvalue weighted by atomic mass is 16.3. The van der Waals surface area contributed by atoms with Gasteiger partial charge in [0.2, 0.25) is 0 Å². The molecule has 24 heavy (non-hydrogen) atoms. The minimum absolute atomic E-state index is 0.0853. The molecule has 0 radical (unpaired) electrons. The monoisotopic (exact) mass is 329 g/mol. The quantitative estimate of drug-likeness (QED) is 0.901. The Kier molecular flexibility index (Phi) is 4.89. The predicted octanol–water partition coefficient (Wildman–Crippen LogP) is 1.64. The summed E-state index contributed by atoms with van der Waals surface area (Å²) in [5.74, 6) is 0.388. The van der Waals surface area contributed by atoms with Crippen LogP contribution in [0.3, 0.4) is 0 Å². The van der Waals surface area contributed by atoms with Crippen molar-refractivity contribution in [1.82, 2.24) is 25.1 Å². The number of carbonyl (C=O) groups is 1. The molecule has 1 fully saturated rings. The molecule has 0 spiro atoms. The van der Waals surface area contributed by atoms with Crippen molar-refractivity contribution in [2.45, 2.75) is 50.8 Å². The number of benzene rings is 1. The van der Waals surface area contributed by atoms with Crippen LogP contribution in [0.4, 0.5) is 0 Å². The van der Waals surface area contributed by atoms with E-state index in [9.17, 15) is 9.90 Å². The summed E-state index contributed by atoms with van der Waals surface area (Å²) in [7, 11) is 1.71. The third-order valence-corrected chi connectivity index (χ3v) is 4.46. The lowest BCUT2D eigenvalue weighted by atomic mass is 9.85. The maximum atomic E-state index is 12.3. The van der Waals surface area contributed by atoms with Gasteiger partial charge in [0, 0.05) is 12.6 Å². The first-order chi connectivity index (χ1) is 11.6. The molecule has 3 rings (SSSR count). The number of tetrazole rings is 1. The van der Waals surface area contributed by atoms with Gasteiger partial charge in [-0.25, -0.2) is 0 Å². The number of rotatable bonds is 5. The van der Waals surface area contributed by atoms with E-state index in [1.807, 2.05) is 18.2 Å². The van der Waals surface area contributed by atoms with E-state index < -0.39 is 5.60 Å². The summed E-state index contributed by atoms with van der Waals surface area (Å²) in [4.78, 5) is 15.3. The van der Waals surface area contributed by atoms with Crippen LogP contribution >= 0.6 is 0 Å². The van der Waals surface area contributed by atoms with Crippen molar-refractivity contribution in [3.05, 3.63) is 41.7 Å². The van der Waals surface area contributed by atoms with Gasteiger partial charge in [0.05, 0.1) is 18.7 Å². The summed E-state index contributed by atoms with van der Waals surface area (Å²) in [6, 6.07) is 9.10.